The van der Waals surface area contributed by atoms with E-state index in [9.17, 15) is 10.1 Å². The topological polar surface area (TPSA) is 117 Å². The molecule has 1 N–H and O–H groups in total. The zero-order valence-corrected chi connectivity index (χ0v) is 16.7. The Bertz CT molecular complexity index is 1060. The number of hydrogen-bond donors (Lipinski definition) is 1. The lowest BCUT2D eigenvalue weighted by atomic mass is 10.0. The summed E-state index contributed by atoms with van der Waals surface area (Å²) in [6.07, 6.45) is 2.44. The molecule has 2 aromatic heterocycles. The molecule has 9 heteroatoms. The fraction of sp³-hybridized carbons (Fsp3) is 0.381. The van der Waals surface area contributed by atoms with Gasteiger partial charge >= 0.3 is 0 Å². The summed E-state index contributed by atoms with van der Waals surface area (Å²) >= 11 is 0. The normalized spacial score (nSPS) is 15.2. The molecule has 4 rings (SSSR count). The minimum absolute atomic E-state index is 0.0188. The van der Waals surface area contributed by atoms with Crippen LogP contribution in [-0.2, 0) is 9.53 Å². The molecule has 154 valence electrons. The molecule has 0 bridgehead atoms. The molecule has 9 nitrogen and oxygen atoms in total. The van der Waals surface area contributed by atoms with Crippen molar-refractivity contribution in [3.05, 3.63) is 47.6 Å². The second-order valence-corrected chi connectivity index (χ2v) is 7.06. The van der Waals surface area contributed by atoms with E-state index >= 15 is 0 Å². The third kappa shape index (κ3) is 4.23. The summed E-state index contributed by atoms with van der Waals surface area (Å²) in [5.41, 5.74) is 2.68. The Hall–Kier alpha value is -3.51. The third-order valence-electron chi connectivity index (χ3n) is 4.94. The Labute approximate surface area is 173 Å². The summed E-state index contributed by atoms with van der Waals surface area (Å²) in [4.78, 5) is 26.9. The van der Waals surface area contributed by atoms with Crippen LogP contribution >= 0.6 is 0 Å². The van der Waals surface area contributed by atoms with Crippen molar-refractivity contribution in [1.29, 1.82) is 5.26 Å². The smallest absolute Gasteiger partial charge is 0.248 e. The molecule has 0 saturated carbocycles. The van der Waals surface area contributed by atoms with Crippen molar-refractivity contribution in [1.82, 2.24) is 19.9 Å². The summed E-state index contributed by atoms with van der Waals surface area (Å²) < 4.78 is 10.9. The van der Waals surface area contributed by atoms with E-state index in [0.29, 0.717) is 54.9 Å². The van der Waals surface area contributed by atoms with E-state index in [0.717, 1.165) is 12.0 Å². The van der Waals surface area contributed by atoms with Gasteiger partial charge in [0, 0.05) is 25.8 Å². The number of benzene rings is 1. The summed E-state index contributed by atoms with van der Waals surface area (Å²) in [6.45, 7) is 4.47. The van der Waals surface area contributed by atoms with Gasteiger partial charge in [-0.05, 0) is 31.0 Å². The van der Waals surface area contributed by atoms with Crippen molar-refractivity contribution in [3.8, 4) is 6.07 Å². The summed E-state index contributed by atoms with van der Waals surface area (Å²) in [5.74, 6) is 0.0368. The van der Waals surface area contributed by atoms with Crippen LogP contribution in [0, 0.1) is 18.3 Å². The van der Waals surface area contributed by atoms with Crippen LogP contribution in [0.2, 0.25) is 0 Å². The van der Waals surface area contributed by atoms with E-state index in [2.05, 4.69) is 26.3 Å². The maximum Gasteiger partial charge on any atom is 0.248 e. The Morgan fingerprint density at radius 3 is 3.00 bits per heavy atom. The number of morpholine rings is 1. The Morgan fingerprint density at radius 1 is 1.33 bits per heavy atom. The maximum absolute atomic E-state index is 11.8. The number of rotatable bonds is 7. The highest BCUT2D eigenvalue weighted by molar-refractivity contribution is 5.78. The minimum atomic E-state index is -0.730. The van der Waals surface area contributed by atoms with Crippen LogP contribution < -0.4 is 5.32 Å². The predicted molar refractivity (Wildman–Crippen MR) is 109 cm³/mol. The first-order valence-electron chi connectivity index (χ1n) is 9.83. The number of hydrogen-bond acceptors (Lipinski definition) is 8. The Balaban J connectivity index is 1.44. The van der Waals surface area contributed by atoms with E-state index < -0.39 is 5.92 Å². The monoisotopic (exact) mass is 406 g/mol. The van der Waals surface area contributed by atoms with Gasteiger partial charge in [0.15, 0.2) is 11.5 Å². The quantitative estimate of drug-likeness (QED) is 0.594. The largest absolute Gasteiger partial charge is 0.439 e. The number of nitriles is 1. The van der Waals surface area contributed by atoms with Crippen molar-refractivity contribution < 1.29 is 13.9 Å². The molecule has 1 amide bonds. The van der Waals surface area contributed by atoms with Crippen molar-refractivity contribution in [2.24, 2.45) is 0 Å². The highest BCUT2D eigenvalue weighted by Gasteiger charge is 2.24. The molecule has 0 spiro atoms. The van der Waals surface area contributed by atoms with Crippen LogP contribution in [0.25, 0.3) is 11.1 Å². The fourth-order valence-corrected chi connectivity index (χ4v) is 3.34. The van der Waals surface area contributed by atoms with Crippen molar-refractivity contribution in [2.45, 2.75) is 19.3 Å². The van der Waals surface area contributed by atoms with E-state index in [1.54, 1.807) is 11.1 Å². The number of aromatic nitrogens is 3. The zero-order chi connectivity index (χ0) is 20.9. The molecule has 1 aliphatic heterocycles. The molecule has 1 aromatic carbocycles. The molecule has 1 aliphatic rings. The van der Waals surface area contributed by atoms with Crippen LogP contribution in [0.15, 0.2) is 34.9 Å². The van der Waals surface area contributed by atoms with Gasteiger partial charge in [0.1, 0.15) is 12.1 Å². The summed E-state index contributed by atoms with van der Waals surface area (Å²) in [5, 5.41) is 12.9. The van der Waals surface area contributed by atoms with Gasteiger partial charge in [-0.15, -0.1) is 0 Å². The number of carbonyl (C=O) groups is 1. The van der Waals surface area contributed by atoms with Gasteiger partial charge in [0.05, 0.1) is 18.4 Å². The van der Waals surface area contributed by atoms with Gasteiger partial charge in [-0.1, -0.05) is 12.1 Å². The van der Waals surface area contributed by atoms with Crippen molar-refractivity contribution in [3.63, 3.8) is 0 Å². The van der Waals surface area contributed by atoms with Gasteiger partial charge in [0.2, 0.25) is 17.7 Å². The van der Waals surface area contributed by atoms with E-state index in [1.165, 1.54) is 0 Å². The number of carbonyl (C=O) groups excluding carboxylic acids is 1. The lowest BCUT2D eigenvalue weighted by Gasteiger charge is -2.26. The van der Waals surface area contributed by atoms with Crippen LogP contribution in [0.4, 0.5) is 5.95 Å². The van der Waals surface area contributed by atoms with Gasteiger partial charge in [0.25, 0.3) is 0 Å². The molecule has 1 atom stereocenters. The van der Waals surface area contributed by atoms with Crippen molar-refractivity contribution >= 4 is 23.0 Å². The highest BCUT2D eigenvalue weighted by atomic mass is 16.5. The summed E-state index contributed by atoms with van der Waals surface area (Å²) in [6, 6.07) is 9.65. The number of amides is 1. The number of para-hydroxylation sites is 2. The first-order valence-corrected chi connectivity index (χ1v) is 9.83. The Morgan fingerprint density at radius 2 is 2.20 bits per heavy atom. The first kappa shape index (κ1) is 19.8. The number of nitrogens with one attached hydrogen (secondary N) is 1. The lowest BCUT2D eigenvalue weighted by molar-refractivity contribution is -0.142. The molecule has 3 aromatic rings. The van der Waals surface area contributed by atoms with Gasteiger partial charge in [-0.3, -0.25) is 4.79 Å². The summed E-state index contributed by atoms with van der Waals surface area (Å²) in [7, 11) is 0. The van der Waals surface area contributed by atoms with Crippen LogP contribution in [0.1, 0.15) is 29.5 Å². The number of oxazole rings is 1. The second-order valence-electron chi connectivity index (χ2n) is 7.06. The number of anilines is 1. The first-order chi connectivity index (χ1) is 14.7. The highest BCUT2D eigenvalue weighted by Crippen LogP contribution is 2.28. The van der Waals surface area contributed by atoms with Gasteiger partial charge in [-0.25, -0.2) is 15.0 Å². The van der Waals surface area contributed by atoms with Crippen molar-refractivity contribution in [2.75, 3.05) is 38.2 Å². The lowest BCUT2D eigenvalue weighted by Crippen LogP contribution is -2.42. The predicted octanol–water partition coefficient (Wildman–Crippen LogP) is 2.24. The molecule has 0 radical (unpaired) electrons. The van der Waals surface area contributed by atoms with Gasteiger partial charge in [-0.2, -0.15) is 5.26 Å². The molecular formula is C21H22N6O3. The van der Waals surface area contributed by atoms with E-state index in [1.807, 2.05) is 31.2 Å². The molecule has 30 heavy (non-hydrogen) atoms. The molecule has 3 heterocycles. The fourth-order valence-electron chi connectivity index (χ4n) is 3.34. The number of aryl methyl sites for hydroxylation is 1. The minimum Gasteiger partial charge on any atom is -0.439 e. The average molecular weight is 406 g/mol. The second kappa shape index (κ2) is 8.88. The maximum atomic E-state index is 11.8. The Kier molecular flexibility index (Phi) is 5.86. The third-order valence-corrected chi connectivity index (χ3v) is 4.94. The molecule has 1 unspecified atom stereocenters. The molecule has 0 aliphatic carbocycles. The van der Waals surface area contributed by atoms with E-state index in [4.69, 9.17) is 9.15 Å². The molecular weight excluding hydrogens is 384 g/mol. The van der Waals surface area contributed by atoms with Crippen LogP contribution in [0.3, 0.4) is 0 Å². The van der Waals surface area contributed by atoms with Gasteiger partial charge < -0.3 is 19.4 Å². The SMILES string of the molecule is Cc1cnc(NCCCN2CCOCC2=O)nc1C(C#N)c1nc2ccccc2o1. The van der Waals surface area contributed by atoms with Crippen LogP contribution in [-0.4, -0.2) is 58.6 Å². The molecule has 1 saturated heterocycles. The standard InChI is InChI=1S/C21H22N6O3/c1-14-12-24-21(23-7-4-8-27-9-10-29-13-18(27)28)26-19(14)15(11-22)20-25-16-5-2-3-6-17(16)30-20/h2-3,5-6,12,15H,4,7-10,13H2,1H3,(H,23,24,26). The van der Waals surface area contributed by atoms with E-state index in [-0.39, 0.29) is 12.5 Å². The number of nitrogens with zero attached hydrogens (tertiary/aromatic N) is 5. The average Bonchev–Trinajstić information content (AvgIpc) is 3.18. The number of fused-ring (bicyclic) bond motifs is 1. The zero-order valence-electron chi connectivity index (χ0n) is 16.7. The van der Waals surface area contributed by atoms with Crippen LogP contribution in [0.5, 0.6) is 0 Å². The molecule has 1 fully saturated rings. The number of ether oxygens (including phenoxy) is 1.